The molecule has 1 aliphatic rings. The van der Waals surface area contributed by atoms with Crippen LogP contribution in [0.4, 0.5) is 23.2 Å². The Kier molecular flexibility index (Phi) is 5.90. The first-order valence-corrected chi connectivity index (χ1v) is 9.82. The predicted molar refractivity (Wildman–Crippen MR) is 114 cm³/mol. The van der Waals surface area contributed by atoms with Gasteiger partial charge in [0.1, 0.15) is 23.4 Å². The third-order valence-electron chi connectivity index (χ3n) is 5.08. The molecule has 0 radical (unpaired) electrons. The summed E-state index contributed by atoms with van der Waals surface area (Å²) in [6.07, 6.45) is -5.82. The van der Waals surface area contributed by atoms with Gasteiger partial charge in [0.05, 0.1) is 7.11 Å². The summed E-state index contributed by atoms with van der Waals surface area (Å²) in [7, 11) is 1.37. The maximum Gasteiger partial charge on any atom is 0.573 e. The van der Waals surface area contributed by atoms with Gasteiger partial charge >= 0.3 is 6.36 Å². The zero-order chi connectivity index (χ0) is 23.8. The molecule has 5 nitrogen and oxygen atoms in total. The fraction of sp³-hybridized carbons (Fsp3) is 0.167. The molecule has 0 saturated heterocycles. The van der Waals surface area contributed by atoms with Crippen LogP contribution >= 0.6 is 0 Å². The van der Waals surface area contributed by atoms with Gasteiger partial charge in [0.25, 0.3) is 0 Å². The van der Waals surface area contributed by atoms with Gasteiger partial charge in [-0.05, 0) is 55.0 Å². The maximum atomic E-state index is 14.2. The highest BCUT2D eigenvalue weighted by Gasteiger charge is 2.31. The van der Waals surface area contributed by atoms with E-state index in [0.717, 1.165) is 12.1 Å². The smallest absolute Gasteiger partial charge is 0.494 e. The lowest BCUT2D eigenvalue weighted by Gasteiger charge is -2.28. The quantitative estimate of drug-likeness (QED) is 0.430. The number of anilines is 1. The number of rotatable bonds is 5. The largest absolute Gasteiger partial charge is 0.573 e. The SMILES string of the molecule is COc1cc2c(cc1F)C(O)C(c1ccc(Oc3ccc(OC(F)(F)F)cc3)cc1)=C(C)N2. The van der Waals surface area contributed by atoms with Gasteiger partial charge in [0.2, 0.25) is 0 Å². The molecule has 1 heterocycles. The Hall–Kier alpha value is -3.72. The Morgan fingerprint density at radius 2 is 1.48 bits per heavy atom. The number of halogens is 4. The van der Waals surface area contributed by atoms with E-state index in [1.165, 1.54) is 31.4 Å². The Balaban J connectivity index is 1.52. The lowest BCUT2D eigenvalue weighted by molar-refractivity contribution is -0.274. The van der Waals surface area contributed by atoms with Crippen molar-refractivity contribution in [2.45, 2.75) is 19.4 Å². The van der Waals surface area contributed by atoms with Gasteiger partial charge < -0.3 is 24.6 Å². The summed E-state index contributed by atoms with van der Waals surface area (Å²) in [6.45, 7) is 1.80. The van der Waals surface area contributed by atoms with Crippen molar-refractivity contribution in [1.82, 2.24) is 0 Å². The van der Waals surface area contributed by atoms with Crippen LogP contribution in [0.25, 0.3) is 5.57 Å². The van der Waals surface area contributed by atoms with E-state index in [2.05, 4.69) is 10.1 Å². The number of nitrogens with one attached hydrogen (secondary N) is 1. The van der Waals surface area contributed by atoms with Gasteiger partial charge in [-0.1, -0.05) is 12.1 Å². The Morgan fingerprint density at radius 3 is 2.06 bits per heavy atom. The van der Waals surface area contributed by atoms with Crippen molar-refractivity contribution in [3.63, 3.8) is 0 Å². The number of hydrogen-bond donors (Lipinski definition) is 2. The summed E-state index contributed by atoms with van der Waals surface area (Å²) in [4.78, 5) is 0. The number of ether oxygens (including phenoxy) is 3. The van der Waals surface area contributed by atoms with E-state index in [1.807, 2.05) is 0 Å². The summed E-state index contributed by atoms with van der Waals surface area (Å²) in [5.74, 6) is -0.0855. The third-order valence-corrected chi connectivity index (χ3v) is 5.08. The summed E-state index contributed by atoms with van der Waals surface area (Å²) in [5, 5.41) is 14.1. The molecule has 3 aromatic rings. The summed E-state index contributed by atoms with van der Waals surface area (Å²) in [6, 6.07) is 14.5. The number of methoxy groups -OCH3 is 1. The van der Waals surface area contributed by atoms with Gasteiger partial charge in [-0.3, -0.25) is 0 Å². The average molecular weight is 461 g/mol. The summed E-state index contributed by atoms with van der Waals surface area (Å²) < 4.78 is 65.5. The molecule has 0 spiro atoms. The molecule has 0 amide bonds. The molecular weight excluding hydrogens is 442 g/mol. The van der Waals surface area contributed by atoms with E-state index in [1.54, 1.807) is 31.2 Å². The van der Waals surface area contributed by atoms with Crippen LogP contribution in [0.1, 0.15) is 24.2 Å². The van der Waals surface area contributed by atoms with E-state index in [-0.39, 0.29) is 11.5 Å². The molecule has 2 N–H and O–H groups in total. The molecule has 1 atom stereocenters. The Bertz CT molecular complexity index is 1190. The molecule has 1 aliphatic heterocycles. The molecule has 9 heteroatoms. The van der Waals surface area contributed by atoms with Crippen LogP contribution in [0.3, 0.4) is 0 Å². The van der Waals surface area contributed by atoms with Crippen molar-refractivity contribution in [3.8, 4) is 23.0 Å². The Morgan fingerprint density at radius 1 is 0.909 bits per heavy atom. The first-order chi connectivity index (χ1) is 15.6. The second-order valence-corrected chi connectivity index (χ2v) is 7.29. The van der Waals surface area contributed by atoms with Crippen molar-refractivity contribution in [3.05, 3.63) is 83.3 Å². The van der Waals surface area contributed by atoms with Crippen LogP contribution in [-0.4, -0.2) is 18.6 Å². The number of aliphatic hydroxyl groups excluding tert-OH is 1. The fourth-order valence-electron chi connectivity index (χ4n) is 3.61. The molecule has 3 aromatic carbocycles. The van der Waals surface area contributed by atoms with E-state index in [9.17, 15) is 22.7 Å². The molecule has 172 valence electrons. The molecule has 0 fully saturated rings. The minimum Gasteiger partial charge on any atom is -0.494 e. The number of allylic oxidation sites excluding steroid dienone is 1. The molecule has 1 unspecified atom stereocenters. The first-order valence-electron chi connectivity index (χ1n) is 9.82. The number of hydrogen-bond acceptors (Lipinski definition) is 5. The molecule has 0 saturated carbocycles. The van der Waals surface area contributed by atoms with E-state index in [4.69, 9.17) is 9.47 Å². The van der Waals surface area contributed by atoms with Crippen molar-refractivity contribution in [2.75, 3.05) is 12.4 Å². The molecule has 4 rings (SSSR count). The zero-order valence-corrected chi connectivity index (χ0v) is 17.5. The van der Waals surface area contributed by atoms with E-state index in [0.29, 0.717) is 39.6 Å². The highest BCUT2D eigenvalue weighted by molar-refractivity contribution is 5.82. The van der Waals surface area contributed by atoms with Gasteiger partial charge in [-0.2, -0.15) is 0 Å². The van der Waals surface area contributed by atoms with Crippen molar-refractivity contribution >= 4 is 11.3 Å². The van der Waals surface area contributed by atoms with Gasteiger partial charge in [0, 0.05) is 28.6 Å². The minimum absolute atomic E-state index is 0.0733. The summed E-state index contributed by atoms with van der Waals surface area (Å²) >= 11 is 0. The van der Waals surface area contributed by atoms with Crippen LogP contribution < -0.4 is 19.5 Å². The zero-order valence-electron chi connectivity index (χ0n) is 17.5. The van der Waals surface area contributed by atoms with Gasteiger partial charge in [-0.15, -0.1) is 13.2 Å². The van der Waals surface area contributed by atoms with E-state index < -0.39 is 18.3 Å². The second kappa shape index (κ2) is 8.67. The molecule has 0 bridgehead atoms. The van der Waals surface area contributed by atoms with Crippen molar-refractivity contribution in [1.29, 1.82) is 0 Å². The van der Waals surface area contributed by atoms with E-state index >= 15 is 0 Å². The number of alkyl halides is 3. The predicted octanol–water partition coefficient (Wildman–Crippen LogP) is 6.42. The van der Waals surface area contributed by atoms with Gasteiger partial charge in [-0.25, -0.2) is 4.39 Å². The highest BCUT2D eigenvalue weighted by Crippen LogP contribution is 2.43. The summed E-state index contributed by atoms with van der Waals surface area (Å²) in [5.41, 5.74) is 2.90. The fourth-order valence-corrected chi connectivity index (χ4v) is 3.61. The van der Waals surface area contributed by atoms with Crippen molar-refractivity contribution < 1.29 is 36.9 Å². The van der Waals surface area contributed by atoms with Crippen LogP contribution in [0.5, 0.6) is 23.0 Å². The molecule has 0 aromatic heterocycles. The number of fused-ring (bicyclic) bond motifs is 1. The second-order valence-electron chi connectivity index (χ2n) is 7.29. The molecular formula is C24H19F4NO4. The van der Waals surface area contributed by atoms with Crippen LogP contribution in [0, 0.1) is 5.82 Å². The van der Waals surface area contributed by atoms with Crippen molar-refractivity contribution in [2.24, 2.45) is 0 Å². The third kappa shape index (κ3) is 4.88. The monoisotopic (exact) mass is 461 g/mol. The van der Waals surface area contributed by atoms with Crippen LogP contribution in [0.15, 0.2) is 66.4 Å². The molecule has 33 heavy (non-hydrogen) atoms. The van der Waals surface area contributed by atoms with Gasteiger partial charge in [0.15, 0.2) is 11.6 Å². The number of aliphatic hydroxyl groups is 1. The normalized spacial score (nSPS) is 15.5. The van der Waals surface area contributed by atoms with Crippen LogP contribution in [-0.2, 0) is 0 Å². The molecule has 0 aliphatic carbocycles. The lowest BCUT2D eigenvalue weighted by atomic mass is 9.89. The Labute approximate surface area is 186 Å². The number of benzene rings is 3. The lowest BCUT2D eigenvalue weighted by Crippen LogP contribution is -2.16. The highest BCUT2D eigenvalue weighted by atomic mass is 19.4. The maximum absolute atomic E-state index is 14.2. The topological polar surface area (TPSA) is 60.0 Å². The minimum atomic E-state index is -4.76. The average Bonchev–Trinajstić information content (AvgIpc) is 2.75. The standard InChI is InChI=1S/C24H19F4NO4/c1-13-22(23(30)18-11-19(25)21(31-2)12-20(18)29-13)14-3-5-15(6-4-14)32-16-7-9-17(10-8-16)33-24(26,27)28/h3-12,23,29-30H,1-2H3. The van der Waals surface area contributed by atoms with Crippen LogP contribution in [0.2, 0.25) is 0 Å². The first kappa shape index (κ1) is 22.5.